The van der Waals surface area contributed by atoms with Crippen LogP contribution in [-0.2, 0) is 16.0 Å². The highest BCUT2D eigenvalue weighted by Crippen LogP contribution is 2.13. The number of nitrogen functional groups attached to an aromatic ring is 1. The Balaban J connectivity index is 0.00000220. The molecule has 0 radical (unpaired) electrons. The van der Waals surface area contributed by atoms with Crippen LogP contribution in [0.25, 0.3) is 0 Å². The maximum absolute atomic E-state index is 11.9. The molecule has 21 heavy (non-hydrogen) atoms. The van der Waals surface area contributed by atoms with Crippen molar-refractivity contribution in [3.8, 4) is 0 Å². The average molecular weight is 312 g/mol. The van der Waals surface area contributed by atoms with Crippen molar-refractivity contribution in [3.63, 3.8) is 0 Å². The van der Waals surface area contributed by atoms with E-state index in [0.29, 0.717) is 25.8 Å². The van der Waals surface area contributed by atoms with Gasteiger partial charge in [-0.25, -0.2) is 0 Å². The molecule has 6 heteroatoms. The van der Waals surface area contributed by atoms with Crippen LogP contribution in [0.2, 0.25) is 0 Å². The van der Waals surface area contributed by atoms with Crippen molar-refractivity contribution < 1.29 is 9.59 Å². The zero-order valence-electron chi connectivity index (χ0n) is 12.2. The van der Waals surface area contributed by atoms with Crippen LogP contribution in [-0.4, -0.2) is 36.3 Å². The molecule has 1 aromatic rings. The van der Waals surface area contributed by atoms with E-state index in [-0.39, 0.29) is 30.3 Å². The van der Waals surface area contributed by atoms with E-state index in [9.17, 15) is 9.59 Å². The molecule has 1 aliphatic rings. The van der Waals surface area contributed by atoms with Gasteiger partial charge in [-0.05, 0) is 24.5 Å². The van der Waals surface area contributed by atoms with E-state index >= 15 is 0 Å². The van der Waals surface area contributed by atoms with Gasteiger partial charge in [0.05, 0.1) is 0 Å². The van der Waals surface area contributed by atoms with Crippen molar-refractivity contribution in [1.29, 1.82) is 0 Å². The number of amides is 2. The number of para-hydroxylation sites is 1. The second-order valence-corrected chi connectivity index (χ2v) is 5.28. The number of piperidine rings is 1. The molecule has 0 bridgehead atoms. The topological polar surface area (TPSA) is 75.4 Å². The Kier molecular flexibility index (Phi) is 6.49. The first-order valence-corrected chi connectivity index (χ1v) is 6.93. The number of halogens is 1. The third kappa shape index (κ3) is 4.93. The number of likely N-dealkylation sites (tertiary alicyclic amines) is 1. The molecule has 1 aromatic carbocycles. The summed E-state index contributed by atoms with van der Waals surface area (Å²) in [5.41, 5.74) is 7.57. The third-order valence-electron chi connectivity index (χ3n) is 3.67. The number of benzene rings is 1. The zero-order chi connectivity index (χ0) is 14.5. The number of carbonyl (C=O) groups is 2. The van der Waals surface area contributed by atoms with Gasteiger partial charge >= 0.3 is 0 Å². The molecule has 1 unspecified atom stereocenters. The first kappa shape index (κ1) is 17.3. The highest BCUT2D eigenvalue weighted by atomic mass is 35.5. The Bertz CT molecular complexity index is 507. The van der Waals surface area contributed by atoms with Crippen molar-refractivity contribution in [2.75, 3.05) is 19.3 Å². The Morgan fingerprint density at radius 3 is 2.81 bits per heavy atom. The fraction of sp³-hybridized carbons (Fsp3) is 0.467. The number of aryl methyl sites for hydroxylation is 1. The van der Waals surface area contributed by atoms with E-state index < -0.39 is 0 Å². The van der Waals surface area contributed by atoms with Gasteiger partial charge in [0.15, 0.2) is 0 Å². The number of likely N-dealkylation sites (N-methyl/N-ethyl adjacent to an activating group) is 1. The summed E-state index contributed by atoms with van der Waals surface area (Å²) in [6.45, 7) is 0.595. The van der Waals surface area contributed by atoms with Crippen molar-refractivity contribution in [2.24, 2.45) is 0 Å². The summed E-state index contributed by atoms with van der Waals surface area (Å²) in [5.74, 6) is 0.161. The number of nitrogens with one attached hydrogen (secondary N) is 1. The minimum Gasteiger partial charge on any atom is -0.399 e. The molecular formula is C15H22ClN3O2. The smallest absolute Gasteiger partial charge is 0.222 e. The lowest BCUT2D eigenvalue weighted by Gasteiger charge is -2.30. The molecule has 1 saturated heterocycles. The van der Waals surface area contributed by atoms with Crippen LogP contribution in [0.4, 0.5) is 5.69 Å². The van der Waals surface area contributed by atoms with E-state index in [0.717, 1.165) is 17.7 Å². The molecule has 1 heterocycles. The largest absolute Gasteiger partial charge is 0.399 e. The van der Waals surface area contributed by atoms with Crippen LogP contribution < -0.4 is 11.1 Å². The number of rotatable bonds is 4. The summed E-state index contributed by atoms with van der Waals surface area (Å²) in [6.07, 6.45) is 2.29. The van der Waals surface area contributed by atoms with Crippen molar-refractivity contribution >= 4 is 29.9 Å². The van der Waals surface area contributed by atoms with Gasteiger partial charge < -0.3 is 16.0 Å². The minimum absolute atomic E-state index is 0. The minimum atomic E-state index is 0. The molecule has 3 N–H and O–H groups in total. The SMILES string of the molecule is CN1CC(NC(=O)CCc2ccccc2N)CCC1=O.Cl. The van der Waals surface area contributed by atoms with Crippen LogP contribution in [0.15, 0.2) is 24.3 Å². The summed E-state index contributed by atoms with van der Waals surface area (Å²) < 4.78 is 0. The fourth-order valence-corrected chi connectivity index (χ4v) is 2.44. The number of nitrogens with two attached hydrogens (primary N) is 1. The number of anilines is 1. The lowest BCUT2D eigenvalue weighted by atomic mass is 10.0. The Labute approximate surface area is 131 Å². The Morgan fingerprint density at radius 1 is 1.43 bits per heavy atom. The van der Waals surface area contributed by atoms with Crippen LogP contribution >= 0.6 is 12.4 Å². The Hall–Kier alpha value is -1.75. The molecule has 2 rings (SSSR count). The predicted octanol–water partition coefficient (Wildman–Crippen LogP) is 1.36. The molecule has 0 aliphatic carbocycles. The van der Waals surface area contributed by atoms with Crippen LogP contribution in [0.3, 0.4) is 0 Å². The second kappa shape index (κ2) is 7.88. The number of hydrogen-bond acceptors (Lipinski definition) is 3. The number of carbonyl (C=O) groups excluding carboxylic acids is 2. The lowest BCUT2D eigenvalue weighted by Crippen LogP contribution is -2.48. The van der Waals surface area contributed by atoms with Gasteiger partial charge in [0, 0.05) is 38.2 Å². The first-order chi connectivity index (χ1) is 9.56. The normalized spacial score (nSPS) is 18.0. The predicted molar refractivity (Wildman–Crippen MR) is 85.2 cm³/mol. The van der Waals surface area contributed by atoms with E-state index in [1.54, 1.807) is 11.9 Å². The molecule has 0 saturated carbocycles. The zero-order valence-corrected chi connectivity index (χ0v) is 13.0. The van der Waals surface area contributed by atoms with Crippen LogP contribution in [0, 0.1) is 0 Å². The van der Waals surface area contributed by atoms with E-state index in [1.165, 1.54) is 0 Å². The van der Waals surface area contributed by atoms with Crippen molar-refractivity contribution in [3.05, 3.63) is 29.8 Å². The number of hydrogen-bond donors (Lipinski definition) is 2. The number of nitrogens with zero attached hydrogens (tertiary/aromatic N) is 1. The van der Waals surface area contributed by atoms with E-state index in [4.69, 9.17) is 5.73 Å². The van der Waals surface area contributed by atoms with Gasteiger partial charge in [0.25, 0.3) is 0 Å². The van der Waals surface area contributed by atoms with Gasteiger partial charge in [-0.1, -0.05) is 18.2 Å². The third-order valence-corrected chi connectivity index (χ3v) is 3.67. The lowest BCUT2D eigenvalue weighted by molar-refractivity contribution is -0.134. The van der Waals surface area contributed by atoms with E-state index in [1.807, 2.05) is 24.3 Å². The molecule has 1 aliphatic heterocycles. The summed E-state index contributed by atoms with van der Waals surface area (Å²) in [7, 11) is 1.77. The monoisotopic (exact) mass is 311 g/mol. The Morgan fingerprint density at radius 2 is 2.14 bits per heavy atom. The molecule has 5 nitrogen and oxygen atoms in total. The average Bonchev–Trinajstić information content (AvgIpc) is 2.42. The van der Waals surface area contributed by atoms with Gasteiger partial charge in [-0.15, -0.1) is 12.4 Å². The van der Waals surface area contributed by atoms with Gasteiger partial charge in [0.2, 0.25) is 11.8 Å². The molecule has 2 amide bonds. The summed E-state index contributed by atoms with van der Waals surface area (Å²) >= 11 is 0. The van der Waals surface area contributed by atoms with Crippen molar-refractivity contribution in [1.82, 2.24) is 10.2 Å². The molecule has 116 valence electrons. The summed E-state index contributed by atoms with van der Waals surface area (Å²) in [6, 6.07) is 7.65. The van der Waals surface area contributed by atoms with Gasteiger partial charge in [-0.3, -0.25) is 9.59 Å². The van der Waals surface area contributed by atoms with Crippen LogP contribution in [0.1, 0.15) is 24.8 Å². The maximum atomic E-state index is 11.9. The van der Waals surface area contributed by atoms with Crippen molar-refractivity contribution in [2.45, 2.75) is 31.7 Å². The van der Waals surface area contributed by atoms with Gasteiger partial charge in [-0.2, -0.15) is 0 Å². The standard InChI is InChI=1S/C15H21N3O2.ClH/c1-18-10-12(7-9-15(18)20)17-14(19)8-6-11-4-2-3-5-13(11)16;/h2-5,12H,6-10,16H2,1H3,(H,17,19);1H. The summed E-state index contributed by atoms with van der Waals surface area (Å²) in [5, 5.41) is 2.99. The molecular weight excluding hydrogens is 290 g/mol. The fourth-order valence-electron chi connectivity index (χ4n) is 2.44. The highest BCUT2D eigenvalue weighted by molar-refractivity contribution is 5.85. The molecule has 0 spiro atoms. The maximum Gasteiger partial charge on any atom is 0.222 e. The van der Waals surface area contributed by atoms with Gasteiger partial charge in [0.1, 0.15) is 0 Å². The summed E-state index contributed by atoms with van der Waals surface area (Å²) in [4.78, 5) is 25.0. The molecule has 1 fully saturated rings. The second-order valence-electron chi connectivity index (χ2n) is 5.28. The molecule has 1 atom stereocenters. The highest BCUT2D eigenvalue weighted by Gasteiger charge is 2.23. The van der Waals surface area contributed by atoms with E-state index in [2.05, 4.69) is 5.32 Å². The molecule has 0 aromatic heterocycles. The first-order valence-electron chi connectivity index (χ1n) is 6.93. The van der Waals surface area contributed by atoms with Crippen LogP contribution in [0.5, 0.6) is 0 Å². The quantitative estimate of drug-likeness (QED) is 0.824.